The van der Waals surface area contributed by atoms with E-state index in [0.29, 0.717) is 23.6 Å². The molecule has 2 aromatic rings. The van der Waals surface area contributed by atoms with Crippen molar-refractivity contribution in [1.82, 2.24) is 0 Å². The van der Waals surface area contributed by atoms with Gasteiger partial charge in [-0.25, -0.2) is 4.90 Å². The molecule has 2 aromatic carbocycles. The number of aryl methyl sites for hydroxylation is 1. The molecule has 2 atom stereocenters. The highest BCUT2D eigenvalue weighted by Gasteiger charge is 2.45. The van der Waals surface area contributed by atoms with Crippen LogP contribution in [0, 0.1) is 18.8 Å². The number of carbonyl (C=O) groups excluding carboxylic acids is 2. The van der Waals surface area contributed by atoms with Gasteiger partial charge >= 0.3 is 0 Å². The van der Waals surface area contributed by atoms with E-state index in [1.807, 2.05) is 38.1 Å². The zero-order valence-corrected chi connectivity index (χ0v) is 14.2. The van der Waals surface area contributed by atoms with Crippen molar-refractivity contribution < 1.29 is 19.1 Å². The van der Waals surface area contributed by atoms with Gasteiger partial charge in [-0.3, -0.25) is 9.59 Å². The molecule has 1 saturated heterocycles. The second-order valence-corrected chi connectivity index (χ2v) is 6.63. The van der Waals surface area contributed by atoms with E-state index in [1.165, 1.54) is 10.5 Å². The Labute approximate surface area is 146 Å². The van der Waals surface area contributed by atoms with Crippen LogP contribution in [0.15, 0.2) is 42.5 Å². The lowest BCUT2D eigenvalue weighted by Crippen LogP contribution is -2.31. The molecule has 5 heteroatoms. The Morgan fingerprint density at radius 1 is 1.00 bits per heavy atom. The second-order valence-electron chi connectivity index (χ2n) is 6.63. The van der Waals surface area contributed by atoms with Crippen molar-refractivity contribution in [2.24, 2.45) is 11.8 Å². The molecule has 2 aliphatic rings. The average Bonchev–Trinajstić information content (AvgIpc) is 3.15. The monoisotopic (exact) mass is 337 g/mol. The average molecular weight is 337 g/mol. The number of hydrogen-bond acceptors (Lipinski definition) is 4. The van der Waals surface area contributed by atoms with E-state index in [1.54, 1.807) is 18.2 Å². The van der Waals surface area contributed by atoms with Crippen LogP contribution in [-0.4, -0.2) is 18.6 Å². The van der Waals surface area contributed by atoms with Gasteiger partial charge in [0.2, 0.25) is 18.6 Å². The molecular formula is C20H19NO4. The summed E-state index contributed by atoms with van der Waals surface area (Å²) in [6, 6.07) is 13.2. The van der Waals surface area contributed by atoms with Gasteiger partial charge in [0.15, 0.2) is 11.5 Å². The Balaban J connectivity index is 1.61. The molecule has 0 spiro atoms. The fourth-order valence-electron chi connectivity index (χ4n) is 3.39. The van der Waals surface area contributed by atoms with E-state index in [-0.39, 0.29) is 30.4 Å². The zero-order valence-electron chi connectivity index (χ0n) is 14.2. The predicted molar refractivity (Wildman–Crippen MR) is 92.6 cm³/mol. The molecule has 0 saturated carbocycles. The minimum absolute atomic E-state index is 0.156. The number of amides is 2. The topological polar surface area (TPSA) is 55.8 Å². The summed E-state index contributed by atoms with van der Waals surface area (Å²) in [5.74, 6) is 0.178. The van der Waals surface area contributed by atoms with Crippen LogP contribution >= 0.6 is 0 Å². The molecule has 4 rings (SSSR count). The first kappa shape index (κ1) is 15.7. The van der Waals surface area contributed by atoms with Crippen LogP contribution in [-0.2, 0) is 16.0 Å². The molecule has 0 aliphatic carbocycles. The highest BCUT2D eigenvalue weighted by atomic mass is 16.7. The van der Waals surface area contributed by atoms with Gasteiger partial charge in [-0.05, 0) is 31.0 Å². The van der Waals surface area contributed by atoms with Gasteiger partial charge in [-0.1, -0.05) is 36.8 Å². The minimum atomic E-state index is -0.348. The summed E-state index contributed by atoms with van der Waals surface area (Å²) in [4.78, 5) is 26.9. The van der Waals surface area contributed by atoms with E-state index in [4.69, 9.17) is 9.47 Å². The fraction of sp³-hybridized carbons (Fsp3) is 0.300. The number of fused-ring (bicyclic) bond motifs is 1. The van der Waals surface area contributed by atoms with E-state index < -0.39 is 0 Å². The van der Waals surface area contributed by atoms with Crippen LogP contribution in [0.4, 0.5) is 5.69 Å². The molecular weight excluding hydrogens is 318 g/mol. The second kappa shape index (κ2) is 5.92. The lowest BCUT2D eigenvalue weighted by molar-refractivity contribution is -0.122. The van der Waals surface area contributed by atoms with Crippen molar-refractivity contribution in [2.75, 3.05) is 11.7 Å². The first-order valence-electron chi connectivity index (χ1n) is 8.37. The molecule has 0 aromatic heterocycles. The Morgan fingerprint density at radius 2 is 1.72 bits per heavy atom. The van der Waals surface area contributed by atoms with Crippen LogP contribution in [0.2, 0.25) is 0 Å². The lowest BCUT2D eigenvalue weighted by Gasteiger charge is -2.15. The Morgan fingerprint density at radius 3 is 2.48 bits per heavy atom. The van der Waals surface area contributed by atoms with Gasteiger partial charge in [-0.2, -0.15) is 0 Å². The van der Waals surface area contributed by atoms with E-state index >= 15 is 0 Å². The first-order valence-corrected chi connectivity index (χ1v) is 8.37. The molecule has 2 aliphatic heterocycles. The molecule has 0 bridgehead atoms. The summed E-state index contributed by atoms with van der Waals surface area (Å²) in [7, 11) is 0. The molecule has 5 nitrogen and oxygen atoms in total. The third-order valence-corrected chi connectivity index (χ3v) is 4.94. The summed E-state index contributed by atoms with van der Waals surface area (Å²) >= 11 is 0. The summed E-state index contributed by atoms with van der Waals surface area (Å²) in [6.07, 6.45) is 0.563. The van der Waals surface area contributed by atoms with Crippen LogP contribution in [0.1, 0.15) is 18.1 Å². The third kappa shape index (κ3) is 2.65. The summed E-state index contributed by atoms with van der Waals surface area (Å²) < 4.78 is 10.6. The Kier molecular flexibility index (Phi) is 3.71. The van der Waals surface area contributed by atoms with Gasteiger partial charge in [0.05, 0.1) is 11.6 Å². The smallest absolute Gasteiger partial charge is 0.238 e. The van der Waals surface area contributed by atoms with Crippen molar-refractivity contribution in [1.29, 1.82) is 0 Å². The standard InChI is InChI=1S/C20H19NO4/c1-12-3-5-14(6-4-12)9-16-13(2)19(22)21(20(16)23)15-7-8-17-18(10-15)25-11-24-17/h3-8,10,13,16H,9,11H2,1-2H3. The van der Waals surface area contributed by atoms with Gasteiger partial charge < -0.3 is 9.47 Å². The number of rotatable bonds is 3. The maximum Gasteiger partial charge on any atom is 0.238 e. The molecule has 1 fully saturated rings. The first-order chi connectivity index (χ1) is 12.0. The largest absolute Gasteiger partial charge is 0.454 e. The van der Waals surface area contributed by atoms with Gasteiger partial charge in [-0.15, -0.1) is 0 Å². The fourth-order valence-corrected chi connectivity index (χ4v) is 3.39. The summed E-state index contributed by atoms with van der Waals surface area (Å²) in [5, 5.41) is 0. The molecule has 2 heterocycles. The number of hydrogen-bond donors (Lipinski definition) is 0. The number of anilines is 1. The molecule has 0 radical (unpaired) electrons. The number of carbonyl (C=O) groups is 2. The predicted octanol–water partition coefficient (Wildman–Crippen LogP) is 3.09. The highest BCUT2D eigenvalue weighted by Crippen LogP contribution is 2.39. The van der Waals surface area contributed by atoms with Crippen LogP contribution in [0.5, 0.6) is 11.5 Å². The van der Waals surface area contributed by atoms with Gasteiger partial charge in [0.25, 0.3) is 0 Å². The van der Waals surface area contributed by atoms with Gasteiger partial charge in [0.1, 0.15) is 0 Å². The molecule has 2 amide bonds. The van der Waals surface area contributed by atoms with E-state index in [2.05, 4.69) is 0 Å². The normalized spacial score (nSPS) is 21.9. The summed E-state index contributed by atoms with van der Waals surface area (Å²) in [6.45, 7) is 4.01. The van der Waals surface area contributed by atoms with Crippen LogP contribution < -0.4 is 14.4 Å². The van der Waals surface area contributed by atoms with Gasteiger partial charge in [0, 0.05) is 12.0 Å². The third-order valence-electron chi connectivity index (χ3n) is 4.94. The maximum absolute atomic E-state index is 12.9. The quantitative estimate of drug-likeness (QED) is 0.808. The van der Waals surface area contributed by atoms with Crippen LogP contribution in [0.25, 0.3) is 0 Å². The molecule has 2 unspecified atom stereocenters. The summed E-state index contributed by atoms with van der Waals surface area (Å²) in [5.41, 5.74) is 2.78. The maximum atomic E-state index is 12.9. The SMILES string of the molecule is Cc1ccc(CC2C(=O)N(c3ccc4c(c3)OCO4)C(=O)C2C)cc1. The van der Waals surface area contributed by atoms with Crippen molar-refractivity contribution in [3.63, 3.8) is 0 Å². The molecule has 128 valence electrons. The van der Waals surface area contributed by atoms with E-state index in [0.717, 1.165) is 5.56 Å². The van der Waals surface area contributed by atoms with Crippen molar-refractivity contribution in [3.8, 4) is 11.5 Å². The van der Waals surface area contributed by atoms with Crippen LogP contribution in [0.3, 0.4) is 0 Å². The van der Waals surface area contributed by atoms with Crippen molar-refractivity contribution in [2.45, 2.75) is 20.3 Å². The lowest BCUT2D eigenvalue weighted by atomic mass is 9.90. The Bertz CT molecular complexity index is 843. The Hall–Kier alpha value is -2.82. The molecule has 25 heavy (non-hydrogen) atoms. The number of imide groups is 1. The molecule has 0 N–H and O–H groups in total. The number of benzene rings is 2. The van der Waals surface area contributed by atoms with Crippen molar-refractivity contribution in [3.05, 3.63) is 53.6 Å². The number of ether oxygens (including phenoxy) is 2. The van der Waals surface area contributed by atoms with Crippen molar-refractivity contribution >= 4 is 17.5 Å². The highest BCUT2D eigenvalue weighted by molar-refractivity contribution is 6.22. The number of nitrogens with zero attached hydrogens (tertiary/aromatic N) is 1. The minimum Gasteiger partial charge on any atom is -0.454 e. The van der Waals surface area contributed by atoms with E-state index in [9.17, 15) is 9.59 Å². The zero-order chi connectivity index (χ0) is 17.6.